The Morgan fingerprint density at radius 1 is 1.25 bits per heavy atom. The maximum absolute atomic E-state index is 12.0. The molecule has 0 spiro atoms. The van der Waals surface area contributed by atoms with E-state index < -0.39 is 0 Å². The third kappa shape index (κ3) is 2.84. The summed E-state index contributed by atoms with van der Waals surface area (Å²) in [5, 5.41) is 8.76. The Kier molecular flexibility index (Phi) is 3.99. The molecule has 0 saturated heterocycles. The molecule has 20 heavy (non-hydrogen) atoms. The molecule has 0 fully saturated rings. The highest BCUT2D eigenvalue weighted by Crippen LogP contribution is 2.28. The molecule has 3 heterocycles. The molecule has 0 saturated carbocycles. The summed E-state index contributed by atoms with van der Waals surface area (Å²) >= 11 is 3.19. The van der Waals surface area contributed by atoms with Crippen molar-refractivity contribution < 1.29 is 9.21 Å². The largest absolute Gasteiger partial charge is 0.469 e. The summed E-state index contributed by atoms with van der Waals surface area (Å²) in [6.07, 6.45) is 1.66. The van der Waals surface area contributed by atoms with Gasteiger partial charge in [-0.25, -0.2) is 0 Å². The van der Waals surface area contributed by atoms with Crippen molar-refractivity contribution >= 4 is 28.6 Å². The molecule has 1 amide bonds. The first-order chi connectivity index (χ1) is 9.84. The standard InChI is InChI=1S/C15H13NO2S2/c17-15(11-5-8-19-10-11)16-9-12(13-3-1-6-18-13)14-4-2-7-20-14/h1-8,10,12H,9H2,(H,16,17)/t12-/m1/s1. The molecule has 1 atom stereocenters. The normalized spacial score (nSPS) is 12.2. The minimum absolute atomic E-state index is 0.0423. The smallest absolute Gasteiger partial charge is 0.252 e. The Balaban J connectivity index is 1.73. The van der Waals surface area contributed by atoms with Gasteiger partial charge in [-0.2, -0.15) is 11.3 Å². The van der Waals surface area contributed by atoms with E-state index in [2.05, 4.69) is 11.4 Å². The van der Waals surface area contributed by atoms with Gasteiger partial charge in [-0.15, -0.1) is 11.3 Å². The molecule has 0 unspecified atom stereocenters. The van der Waals surface area contributed by atoms with Crippen molar-refractivity contribution in [1.29, 1.82) is 0 Å². The Labute approximate surface area is 124 Å². The van der Waals surface area contributed by atoms with Crippen LogP contribution in [0.3, 0.4) is 0 Å². The Hall–Kier alpha value is -1.85. The van der Waals surface area contributed by atoms with Gasteiger partial charge in [0.2, 0.25) is 0 Å². The molecule has 1 N–H and O–H groups in total. The van der Waals surface area contributed by atoms with Crippen molar-refractivity contribution in [3.05, 3.63) is 68.9 Å². The Morgan fingerprint density at radius 3 is 2.85 bits per heavy atom. The lowest BCUT2D eigenvalue weighted by Crippen LogP contribution is -2.28. The van der Waals surface area contributed by atoms with Crippen LogP contribution in [0.4, 0.5) is 0 Å². The molecule has 0 bridgehead atoms. The third-order valence-corrected chi connectivity index (χ3v) is 4.69. The number of rotatable bonds is 5. The maximum Gasteiger partial charge on any atom is 0.252 e. The van der Waals surface area contributed by atoms with Gasteiger partial charge in [0.05, 0.1) is 12.2 Å². The fourth-order valence-electron chi connectivity index (χ4n) is 2.01. The summed E-state index contributed by atoms with van der Waals surface area (Å²) in [5.74, 6) is 0.894. The summed E-state index contributed by atoms with van der Waals surface area (Å²) in [6.45, 7) is 0.530. The highest BCUT2D eigenvalue weighted by Gasteiger charge is 2.19. The van der Waals surface area contributed by atoms with E-state index >= 15 is 0 Å². The molecular weight excluding hydrogens is 290 g/mol. The van der Waals surface area contributed by atoms with Crippen LogP contribution in [0.5, 0.6) is 0 Å². The second-order valence-electron chi connectivity index (χ2n) is 4.31. The Morgan fingerprint density at radius 2 is 2.20 bits per heavy atom. The Bertz CT molecular complexity index is 608. The summed E-state index contributed by atoms with van der Waals surface area (Å²) < 4.78 is 5.50. The molecular formula is C15H13NO2S2. The summed E-state index contributed by atoms with van der Waals surface area (Å²) in [6, 6.07) is 9.72. The van der Waals surface area contributed by atoms with Gasteiger partial charge in [-0.05, 0) is 35.0 Å². The zero-order chi connectivity index (χ0) is 13.8. The van der Waals surface area contributed by atoms with E-state index in [-0.39, 0.29) is 11.8 Å². The van der Waals surface area contributed by atoms with E-state index in [0.717, 1.165) is 5.76 Å². The van der Waals surface area contributed by atoms with Gasteiger partial charge in [-0.1, -0.05) is 6.07 Å². The van der Waals surface area contributed by atoms with E-state index in [1.165, 1.54) is 16.2 Å². The lowest BCUT2D eigenvalue weighted by molar-refractivity contribution is 0.0952. The van der Waals surface area contributed by atoms with E-state index in [1.807, 2.05) is 40.4 Å². The van der Waals surface area contributed by atoms with Crippen molar-refractivity contribution in [2.75, 3.05) is 6.54 Å². The molecule has 5 heteroatoms. The monoisotopic (exact) mass is 303 g/mol. The van der Waals surface area contributed by atoms with E-state index in [9.17, 15) is 4.79 Å². The van der Waals surface area contributed by atoms with Crippen LogP contribution in [-0.4, -0.2) is 12.5 Å². The van der Waals surface area contributed by atoms with Crippen molar-refractivity contribution in [2.24, 2.45) is 0 Å². The quantitative estimate of drug-likeness (QED) is 0.775. The van der Waals surface area contributed by atoms with Crippen LogP contribution < -0.4 is 5.32 Å². The average molecular weight is 303 g/mol. The predicted molar refractivity (Wildman–Crippen MR) is 81.5 cm³/mol. The molecule has 0 aromatic carbocycles. The molecule has 0 aliphatic heterocycles. The highest BCUT2D eigenvalue weighted by atomic mass is 32.1. The number of amides is 1. The topological polar surface area (TPSA) is 42.2 Å². The van der Waals surface area contributed by atoms with E-state index in [0.29, 0.717) is 12.1 Å². The van der Waals surface area contributed by atoms with Gasteiger partial charge < -0.3 is 9.73 Å². The number of thiophene rings is 2. The first-order valence-electron chi connectivity index (χ1n) is 6.22. The minimum atomic E-state index is -0.0423. The van der Waals surface area contributed by atoms with Crippen molar-refractivity contribution in [1.82, 2.24) is 5.32 Å². The lowest BCUT2D eigenvalue weighted by Gasteiger charge is -2.13. The fraction of sp³-hybridized carbons (Fsp3) is 0.133. The van der Waals surface area contributed by atoms with Crippen LogP contribution in [-0.2, 0) is 0 Å². The van der Waals surface area contributed by atoms with Crippen LogP contribution in [0.15, 0.2) is 57.2 Å². The zero-order valence-corrected chi connectivity index (χ0v) is 12.2. The van der Waals surface area contributed by atoms with Crippen molar-refractivity contribution in [3.63, 3.8) is 0 Å². The molecule has 0 aliphatic carbocycles. The second-order valence-corrected chi connectivity index (χ2v) is 6.06. The number of hydrogen-bond donors (Lipinski definition) is 1. The number of furan rings is 1. The summed E-state index contributed by atoms with van der Waals surface area (Å²) in [4.78, 5) is 13.2. The molecule has 3 aromatic heterocycles. The van der Waals surface area contributed by atoms with Gasteiger partial charge in [0.1, 0.15) is 5.76 Å². The van der Waals surface area contributed by atoms with Crippen LogP contribution in [0.2, 0.25) is 0 Å². The SMILES string of the molecule is O=C(NC[C@H](c1ccco1)c1cccs1)c1ccsc1. The molecule has 0 radical (unpaired) electrons. The maximum atomic E-state index is 12.0. The molecule has 0 aliphatic rings. The number of carbonyl (C=O) groups is 1. The van der Waals surface area contributed by atoms with Gasteiger partial charge >= 0.3 is 0 Å². The number of nitrogens with one attached hydrogen (secondary N) is 1. The van der Waals surface area contributed by atoms with Crippen LogP contribution in [0.25, 0.3) is 0 Å². The van der Waals surface area contributed by atoms with Crippen molar-refractivity contribution in [3.8, 4) is 0 Å². The fourth-order valence-corrected chi connectivity index (χ4v) is 3.48. The first kappa shape index (κ1) is 13.1. The van der Waals surface area contributed by atoms with Crippen LogP contribution in [0, 0.1) is 0 Å². The molecule has 3 aromatic rings. The van der Waals surface area contributed by atoms with Gasteiger partial charge in [0.25, 0.3) is 5.91 Å². The minimum Gasteiger partial charge on any atom is -0.469 e. The predicted octanol–water partition coefficient (Wildman–Crippen LogP) is 3.96. The summed E-state index contributed by atoms with van der Waals surface area (Å²) in [7, 11) is 0. The molecule has 102 valence electrons. The molecule has 3 rings (SSSR count). The average Bonchev–Trinajstić information content (AvgIpc) is 3.22. The van der Waals surface area contributed by atoms with Gasteiger partial charge in [0.15, 0.2) is 0 Å². The molecule has 3 nitrogen and oxygen atoms in total. The van der Waals surface area contributed by atoms with E-state index in [4.69, 9.17) is 4.42 Å². The second kappa shape index (κ2) is 6.07. The van der Waals surface area contributed by atoms with Crippen LogP contribution >= 0.6 is 22.7 Å². The van der Waals surface area contributed by atoms with Crippen molar-refractivity contribution in [2.45, 2.75) is 5.92 Å². The van der Waals surface area contributed by atoms with Gasteiger partial charge in [-0.3, -0.25) is 4.79 Å². The first-order valence-corrected chi connectivity index (χ1v) is 8.04. The summed E-state index contributed by atoms with van der Waals surface area (Å²) in [5.41, 5.74) is 0.708. The highest BCUT2D eigenvalue weighted by molar-refractivity contribution is 7.10. The zero-order valence-electron chi connectivity index (χ0n) is 10.6. The lowest BCUT2D eigenvalue weighted by atomic mass is 10.0. The van der Waals surface area contributed by atoms with Gasteiger partial charge in [0, 0.05) is 22.4 Å². The van der Waals surface area contributed by atoms with E-state index in [1.54, 1.807) is 17.6 Å². The van der Waals surface area contributed by atoms with Crippen LogP contribution in [0.1, 0.15) is 26.9 Å². The third-order valence-electron chi connectivity index (χ3n) is 3.02. The number of carbonyl (C=O) groups excluding carboxylic acids is 1. The number of hydrogen-bond acceptors (Lipinski definition) is 4.